The first-order valence-corrected chi connectivity index (χ1v) is 12.1. The van der Waals surface area contributed by atoms with Crippen LogP contribution in [-0.4, -0.2) is 52.0 Å². The predicted octanol–water partition coefficient (Wildman–Crippen LogP) is 2.64. The van der Waals surface area contributed by atoms with Crippen LogP contribution in [0.3, 0.4) is 0 Å². The second-order valence-corrected chi connectivity index (χ2v) is 11.4. The molecule has 0 bridgehead atoms. The van der Waals surface area contributed by atoms with Gasteiger partial charge in [0.05, 0.1) is 11.9 Å². The highest BCUT2D eigenvalue weighted by atomic mass is 16.6. The van der Waals surface area contributed by atoms with Crippen molar-refractivity contribution in [3.8, 4) is 0 Å². The molecule has 194 valence electrons. The topological polar surface area (TPSA) is 132 Å². The number of ether oxygens (including phenoxy) is 3. The number of hydrogen-bond donors (Lipinski definition) is 2. The van der Waals surface area contributed by atoms with Gasteiger partial charge in [0.25, 0.3) is 0 Å². The van der Waals surface area contributed by atoms with Crippen molar-refractivity contribution in [2.75, 3.05) is 0 Å². The molecule has 0 amide bonds. The molecule has 2 fully saturated rings. The van der Waals surface area contributed by atoms with E-state index >= 15 is 0 Å². The zero-order chi connectivity index (χ0) is 26.1. The monoisotopic (exact) mass is 492 g/mol. The van der Waals surface area contributed by atoms with E-state index in [9.17, 15) is 24.6 Å². The van der Waals surface area contributed by atoms with Gasteiger partial charge in [-0.15, -0.1) is 0 Å². The largest absolute Gasteiger partial charge is 0.469 e. The van der Waals surface area contributed by atoms with Crippen LogP contribution in [0.5, 0.6) is 0 Å². The van der Waals surface area contributed by atoms with Crippen molar-refractivity contribution < 1.29 is 43.2 Å². The van der Waals surface area contributed by atoms with Crippen molar-refractivity contribution in [3.05, 3.63) is 23.7 Å². The molecule has 0 saturated heterocycles. The van der Waals surface area contributed by atoms with Crippen molar-refractivity contribution in [2.24, 2.45) is 22.7 Å². The Morgan fingerprint density at radius 3 is 2.14 bits per heavy atom. The van der Waals surface area contributed by atoms with Crippen LogP contribution in [0, 0.1) is 22.7 Å². The van der Waals surface area contributed by atoms with Crippen LogP contribution in [-0.2, 0) is 40.6 Å². The molecule has 1 heterocycles. The third-order valence-corrected chi connectivity index (χ3v) is 9.07. The molecule has 0 spiro atoms. The summed E-state index contributed by atoms with van der Waals surface area (Å²) in [5.74, 6) is -2.58. The number of hydrogen-bond acceptors (Lipinski definition) is 9. The van der Waals surface area contributed by atoms with E-state index < -0.39 is 70.1 Å². The highest BCUT2D eigenvalue weighted by Crippen LogP contribution is 2.68. The minimum absolute atomic E-state index is 0.306. The third kappa shape index (κ3) is 3.45. The summed E-state index contributed by atoms with van der Waals surface area (Å²) < 4.78 is 23.1. The molecule has 35 heavy (non-hydrogen) atoms. The van der Waals surface area contributed by atoms with Gasteiger partial charge in [-0.25, -0.2) is 0 Å². The summed E-state index contributed by atoms with van der Waals surface area (Å²) in [5.41, 5.74) is -4.83. The van der Waals surface area contributed by atoms with E-state index in [4.69, 9.17) is 18.6 Å². The standard InChI is InChI=1S/C26H36O9/c1-13(27)33-19-8-10-23(4,5)26(31)22(35-15(3)29)21(34-14(2)28)20-17(24(19,26)6)12-18-16(9-11-32-18)25(20,7)30/h9,11,17,19-22,30-31H,8,10,12H2,1-7H3/t17-,19?,20-,21?,22?,24-,25+,26+/m0/s1. The van der Waals surface area contributed by atoms with Crippen LogP contribution >= 0.6 is 0 Å². The van der Waals surface area contributed by atoms with E-state index in [1.165, 1.54) is 27.0 Å². The Bertz CT molecular complexity index is 1040. The first kappa shape index (κ1) is 25.7. The summed E-state index contributed by atoms with van der Waals surface area (Å²) in [5, 5.41) is 24.7. The lowest BCUT2D eigenvalue weighted by Gasteiger charge is -2.70. The molecule has 0 aliphatic heterocycles. The van der Waals surface area contributed by atoms with E-state index in [-0.39, 0.29) is 0 Å². The molecule has 9 nitrogen and oxygen atoms in total. The van der Waals surface area contributed by atoms with Gasteiger partial charge >= 0.3 is 17.9 Å². The van der Waals surface area contributed by atoms with Crippen molar-refractivity contribution in [3.63, 3.8) is 0 Å². The van der Waals surface area contributed by atoms with E-state index in [2.05, 4.69) is 0 Å². The smallest absolute Gasteiger partial charge is 0.303 e. The van der Waals surface area contributed by atoms with Gasteiger partial charge in [-0.2, -0.15) is 0 Å². The van der Waals surface area contributed by atoms with Gasteiger partial charge in [0, 0.05) is 44.1 Å². The number of aliphatic hydroxyl groups is 2. The Labute approximate surface area is 205 Å². The maximum atomic E-state index is 12.8. The number of carbonyl (C=O) groups excluding carboxylic acids is 3. The average molecular weight is 493 g/mol. The summed E-state index contributed by atoms with van der Waals surface area (Å²) in [4.78, 5) is 36.9. The fraction of sp³-hybridized carbons (Fsp3) is 0.731. The highest BCUT2D eigenvalue weighted by molar-refractivity contribution is 5.68. The van der Waals surface area contributed by atoms with Gasteiger partial charge in [-0.05, 0) is 37.2 Å². The van der Waals surface area contributed by atoms with Crippen molar-refractivity contribution >= 4 is 17.9 Å². The van der Waals surface area contributed by atoms with E-state index in [1.807, 2.05) is 20.8 Å². The molecule has 0 aromatic carbocycles. The van der Waals surface area contributed by atoms with Gasteiger partial charge in [-0.1, -0.05) is 20.8 Å². The lowest BCUT2D eigenvalue weighted by Crippen LogP contribution is -2.81. The lowest BCUT2D eigenvalue weighted by molar-refractivity contribution is -0.351. The van der Waals surface area contributed by atoms with Gasteiger partial charge in [0.1, 0.15) is 23.6 Å². The molecule has 1 aromatic heterocycles. The van der Waals surface area contributed by atoms with Gasteiger partial charge in [0.15, 0.2) is 6.10 Å². The Kier molecular flexibility index (Phi) is 5.92. The molecule has 3 aliphatic carbocycles. The Hall–Kier alpha value is -2.39. The second kappa shape index (κ2) is 8.06. The molecule has 1 aromatic rings. The maximum Gasteiger partial charge on any atom is 0.303 e. The van der Waals surface area contributed by atoms with Crippen LogP contribution in [0.1, 0.15) is 72.6 Å². The fourth-order valence-electron chi connectivity index (χ4n) is 7.62. The van der Waals surface area contributed by atoms with Crippen LogP contribution < -0.4 is 0 Å². The summed E-state index contributed by atoms with van der Waals surface area (Å²) in [6, 6.07) is 1.68. The molecule has 0 radical (unpaired) electrons. The van der Waals surface area contributed by atoms with E-state index in [0.717, 1.165) is 0 Å². The zero-order valence-corrected chi connectivity index (χ0v) is 21.4. The summed E-state index contributed by atoms with van der Waals surface area (Å²) in [6.45, 7) is 11.0. The molecule has 9 heteroatoms. The maximum absolute atomic E-state index is 12.8. The molecule has 8 atom stereocenters. The highest BCUT2D eigenvalue weighted by Gasteiger charge is 2.78. The van der Waals surface area contributed by atoms with Gasteiger partial charge in [0.2, 0.25) is 0 Å². The fourth-order valence-corrected chi connectivity index (χ4v) is 7.62. The summed E-state index contributed by atoms with van der Waals surface area (Å²) in [6.07, 6.45) is -0.497. The van der Waals surface area contributed by atoms with Crippen LogP contribution in [0.15, 0.2) is 16.7 Å². The number of fused-ring (bicyclic) bond motifs is 4. The first-order chi connectivity index (χ1) is 16.1. The van der Waals surface area contributed by atoms with Crippen molar-refractivity contribution in [2.45, 2.75) is 97.2 Å². The quantitative estimate of drug-likeness (QED) is 0.483. The molecule has 2 saturated carbocycles. The van der Waals surface area contributed by atoms with Crippen LogP contribution in [0.2, 0.25) is 0 Å². The Morgan fingerprint density at radius 1 is 0.971 bits per heavy atom. The number of furan rings is 1. The van der Waals surface area contributed by atoms with Crippen molar-refractivity contribution in [1.29, 1.82) is 0 Å². The molecule has 3 unspecified atom stereocenters. The number of rotatable bonds is 3. The third-order valence-electron chi connectivity index (χ3n) is 9.07. The lowest BCUT2D eigenvalue weighted by atomic mass is 9.38. The summed E-state index contributed by atoms with van der Waals surface area (Å²) >= 11 is 0. The molecule has 3 aliphatic rings. The molecule has 4 rings (SSSR count). The first-order valence-electron chi connectivity index (χ1n) is 12.1. The minimum Gasteiger partial charge on any atom is -0.469 e. The molecular weight excluding hydrogens is 456 g/mol. The van der Waals surface area contributed by atoms with Crippen LogP contribution in [0.25, 0.3) is 0 Å². The average Bonchev–Trinajstić information content (AvgIpc) is 3.19. The van der Waals surface area contributed by atoms with Gasteiger partial charge in [-0.3, -0.25) is 14.4 Å². The predicted molar refractivity (Wildman–Crippen MR) is 122 cm³/mol. The van der Waals surface area contributed by atoms with E-state index in [0.29, 0.717) is 30.6 Å². The van der Waals surface area contributed by atoms with Crippen molar-refractivity contribution in [1.82, 2.24) is 0 Å². The minimum atomic E-state index is -1.79. The second-order valence-electron chi connectivity index (χ2n) is 11.4. The normalized spacial score (nSPS) is 41.6. The number of carbonyl (C=O) groups is 3. The summed E-state index contributed by atoms with van der Waals surface area (Å²) in [7, 11) is 0. The Morgan fingerprint density at radius 2 is 1.57 bits per heavy atom. The SMILES string of the molecule is CC(=O)OC1C(OC(C)=O)[C@@]2(O)C(C)(C)CCC(OC(C)=O)[C@]2(C)[C@H]2Cc3occc3[C@@](C)(O)[C@H]12. The molecular formula is C26H36O9. The van der Waals surface area contributed by atoms with Crippen LogP contribution in [0.4, 0.5) is 0 Å². The molecule has 2 N–H and O–H groups in total. The van der Waals surface area contributed by atoms with E-state index in [1.54, 1.807) is 13.0 Å². The number of esters is 3. The van der Waals surface area contributed by atoms with Gasteiger partial charge < -0.3 is 28.8 Å². The zero-order valence-electron chi connectivity index (χ0n) is 21.4. The Balaban J connectivity index is 2.05.